The fourth-order valence-corrected chi connectivity index (χ4v) is 0. The van der Waals surface area contributed by atoms with Gasteiger partial charge in [-0.05, 0) is 0 Å². The van der Waals surface area contributed by atoms with Gasteiger partial charge in [-0.25, -0.2) is 0 Å². The van der Waals surface area contributed by atoms with E-state index >= 15 is 0 Å². The molecular formula is H7CaCoNiSbSi. The van der Waals surface area contributed by atoms with Crippen molar-refractivity contribution in [2.24, 2.45) is 0 Å². The van der Waals surface area contributed by atoms with Crippen LogP contribution in [0.4, 0.5) is 0 Å². The van der Waals surface area contributed by atoms with E-state index in [1.54, 1.807) is 0 Å². The van der Waals surface area contributed by atoms with Crippen molar-refractivity contribution in [2.45, 2.75) is 0 Å². The Morgan fingerprint density at radius 3 is 1.20 bits per heavy atom. The molecule has 0 saturated heterocycles. The summed E-state index contributed by atoms with van der Waals surface area (Å²) in [6.45, 7) is 0. The first kappa shape index (κ1) is 23.9. The molecule has 1 radical (unpaired) electrons. The topological polar surface area (TPSA) is 0 Å². The molecule has 0 aromatic rings. The molecule has 0 saturated carbocycles. The molecule has 0 nitrogen and oxygen atoms in total. The molecule has 37 valence electrons. The summed E-state index contributed by atoms with van der Waals surface area (Å²) < 4.78 is 0. The summed E-state index contributed by atoms with van der Waals surface area (Å²) in [6.07, 6.45) is 0. The quantitative estimate of drug-likeness (QED) is 0.418. The molecule has 0 fully saturated rings. The van der Waals surface area contributed by atoms with E-state index in [1.807, 2.05) is 0 Å². The van der Waals surface area contributed by atoms with Gasteiger partial charge in [0.15, 0.2) is 0 Å². The van der Waals surface area contributed by atoms with E-state index in [9.17, 15) is 0 Å². The van der Waals surface area contributed by atoms with Gasteiger partial charge in [-0.1, -0.05) is 0 Å². The molecule has 0 spiro atoms. The summed E-state index contributed by atoms with van der Waals surface area (Å²) in [7, 11) is 1.44. The average molecular weight is 315 g/mol. The van der Waals surface area contributed by atoms with E-state index in [-0.39, 0.29) is 71.0 Å². The third kappa shape index (κ3) is 18.8. The first-order chi connectivity index (χ1) is 1.00. The monoisotopic (exact) mass is 313 g/mol. The van der Waals surface area contributed by atoms with Crippen LogP contribution in [0.25, 0.3) is 0 Å². The summed E-state index contributed by atoms with van der Waals surface area (Å²) in [5.41, 5.74) is 0. The molecule has 0 rings (SSSR count). The van der Waals surface area contributed by atoms with Crippen LogP contribution in [0, 0.1) is 0 Å². The van der Waals surface area contributed by atoms with Gasteiger partial charge in [0.25, 0.3) is 0 Å². The predicted octanol–water partition coefficient (Wildman–Crippen LogP) is -3.02. The van der Waals surface area contributed by atoms with Crippen LogP contribution in [0.1, 0.15) is 0 Å². The SMILES string of the molecule is [CaH2].[Co].[Ni].[SiH3][SbH2]. The molecule has 0 N–H and O–H groups in total. The Labute approximate surface area is 98.7 Å². The minimum atomic E-state index is 0. The van der Waals surface area contributed by atoms with Gasteiger partial charge in [0.2, 0.25) is 0 Å². The molecule has 0 atom stereocenters. The zero-order valence-electron chi connectivity index (χ0n) is 2.23. The van der Waals surface area contributed by atoms with Crippen molar-refractivity contribution < 1.29 is 33.3 Å². The second kappa shape index (κ2) is 26.6. The third-order valence-corrected chi connectivity index (χ3v) is 0. The molecule has 0 unspecified atom stereocenters. The van der Waals surface area contributed by atoms with Crippen LogP contribution in [0.5, 0.6) is 0 Å². The van der Waals surface area contributed by atoms with Crippen molar-refractivity contribution in [2.75, 3.05) is 0 Å². The summed E-state index contributed by atoms with van der Waals surface area (Å²) in [6, 6.07) is 0. The molecule has 0 aliphatic rings. The first-order valence-corrected chi connectivity index (χ1v) is 11.6. The third-order valence-electron chi connectivity index (χ3n) is 0. The summed E-state index contributed by atoms with van der Waals surface area (Å²) in [4.78, 5) is 0. The van der Waals surface area contributed by atoms with E-state index in [1.165, 1.54) is 29.9 Å². The van der Waals surface area contributed by atoms with Crippen molar-refractivity contribution >= 4 is 67.6 Å². The van der Waals surface area contributed by atoms with E-state index in [2.05, 4.69) is 0 Å². The zero-order valence-corrected chi connectivity index (χ0v) is 9.55. The van der Waals surface area contributed by atoms with Crippen LogP contribution >= 0.6 is 0 Å². The number of hydrogen-bond donors (Lipinski definition) is 0. The van der Waals surface area contributed by atoms with Gasteiger partial charge < -0.3 is 0 Å². The van der Waals surface area contributed by atoms with Crippen LogP contribution < -0.4 is 0 Å². The van der Waals surface area contributed by atoms with Gasteiger partial charge >= 0.3 is 67.6 Å². The Kier molecular flexibility index (Phi) is 127. The Hall–Kier alpha value is 3.29. The fourth-order valence-electron chi connectivity index (χ4n) is 0. The molecule has 0 amide bonds. The summed E-state index contributed by atoms with van der Waals surface area (Å²) in [5.74, 6) is 0. The second-order valence-corrected chi connectivity index (χ2v) is 0. The maximum absolute atomic E-state index is 1.49. The molecule has 5 heteroatoms. The van der Waals surface area contributed by atoms with Crippen molar-refractivity contribution in [3.63, 3.8) is 0 Å². The van der Waals surface area contributed by atoms with Crippen LogP contribution in [0.2, 0.25) is 0 Å². The van der Waals surface area contributed by atoms with Crippen LogP contribution in [-0.2, 0) is 33.3 Å². The Bertz CT molecular complexity index is 11.6. The van der Waals surface area contributed by atoms with Gasteiger partial charge in [0.1, 0.15) is 0 Å². The van der Waals surface area contributed by atoms with Crippen LogP contribution in [-0.4, -0.2) is 67.6 Å². The van der Waals surface area contributed by atoms with Gasteiger partial charge in [0, 0.05) is 33.3 Å². The molecule has 0 bridgehead atoms. The average Bonchev–Trinajstić information content (AvgIpc) is 1.00. The van der Waals surface area contributed by atoms with E-state index < -0.39 is 0 Å². The van der Waals surface area contributed by atoms with Crippen molar-refractivity contribution in [3.8, 4) is 0 Å². The van der Waals surface area contributed by atoms with Gasteiger partial charge in [-0.3, -0.25) is 0 Å². The van der Waals surface area contributed by atoms with Gasteiger partial charge in [-0.2, -0.15) is 0 Å². The summed E-state index contributed by atoms with van der Waals surface area (Å²) >= 11 is 1.49. The minimum absolute atomic E-state index is 0. The number of hydrogen-bond acceptors (Lipinski definition) is 0. The first-order valence-electron chi connectivity index (χ1n) is 0.577. The van der Waals surface area contributed by atoms with E-state index in [0.717, 1.165) is 0 Å². The molecule has 5 heavy (non-hydrogen) atoms. The molecule has 0 heterocycles. The van der Waals surface area contributed by atoms with Crippen molar-refractivity contribution in [3.05, 3.63) is 0 Å². The predicted molar refractivity (Wildman–Crippen MR) is 27.0 cm³/mol. The molecule has 0 aliphatic heterocycles. The molecule has 0 aromatic heterocycles. The maximum atomic E-state index is 1.49. The normalized spacial score (nSPS) is 1.80. The number of rotatable bonds is 0. The molecule has 0 aliphatic carbocycles. The Balaban J connectivity index is -0.00000000167. The van der Waals surface area contributed by atoms with Crippen LogP contribution in [0.15, 0.2) is 0 Å². The summed E-state index contributed by atoms with van der Waals surface area (Å²) in [5, 5.41) is 0. The second-order valence-electron chi connectivity index (χ2n) is 0. The Morgan fingerprint density at radius 1 is 1.20 bits per heavy atom. The van der Waals surface area contributed by atoms with E-state index in [4.69, 9.17) is 0 Å². The fraction of sp³-hybridized carbons (Fsp3) is 0. The standard InChI is InChI=1S/Ca.Co.Ni.Sb.H3Si.4H/h;;;;1H3;;;;. The zero-order chi connectivity index (χ0) is 2.00. The molecular weight excluding hydrogens is 308 g/mol. The van der Waals surface area contributed by atoms with Crippen LogP contribution in [0.3, 0.4) is 0 Å². The van der Waals surface area contributed by atoms with E-state index in [0.29, 0.717) is 0 Å². The Morgan fingerprint density at radius 2 is 1.20 bits per heavy atom. The van der Waals surface area contributed by atoms with Gasteiger partial charge in [0.05, 0.1) is 0 Å². The van der Waals surface area contributed by atoms with Crippen molar-refractivity contribution in [1.82, 2.24) is 0 Å². The molecule has 0 aromatic carbocycles. The van der Waals surface area contributed by atoms with Crippen molar-refractivity contribution in [1.29, 1.82) is 0 Å². The van der Waals surface area contributed by atoms with Gasteiger partial charge in [-0.15, -0.1) is 0 Å².